The number of hydrogen-bond donors (Lipinski definition) is 2. The van der Waals surface area contributed by atoms with Crippen molar-refractivity contribution in [1.29, 1.82) is 0 Å². The van der Waals surface area contributed by atoms with Crippen LogP contribution < -0.4 is 10.6 Å². The molecule has 2 rings (SSSR count). The third-order valence-corrected chi connectivity index (χ3v) is 6.00. The molecule has 0 aromatic carbocycles. The first-order chi connectivity index (χ1) is 13.3. The van der Waals surface area contributed by atoms with E-state index >= 15 is 0 Å². The lowest BCUT2D eigenvalue weighted by Crippen LogP contribution is -2.47. The van der Waals surface area contributed by atoms with Crippen molar-refractivity contribution in [3.05, 3.63) is 0 Å². The van der Waals surface area contributed by atoms with Gasteiger partial charge in [0.1, 0.15) is 0 Å². The molecule has 2 fully saturated rings. The minimum atomic E-state index is 0.0618. The number of aliphatic imine (C=N–C) groups is 1. The third kappa shape index (κ3) is 6.34. The summed E-state index contributed by atoms with van der Waals surface area (Å²) in [5.41, 5.74) is 0. The van der Waals surface area contributed by atoms with E-state index in [2.05, 4.69) is 48.1 Å². The summed E-state index contributed by atoms with van der Waals surface area (Å²) in [6.07, 6.45) is 3.08. The Balaban J connectivity index is 1.82. The zero-order valence-corrected chi connectivity index (χ0v) is 18.9. The maximum atomic E-state index is 12.3. The number of amides is 1. The largest absolute Gasteiger partial charge is 0.357 e. The second-order valence-electron chi connectivity index (χ2n) is 8.82. The molecule has 2 aliphatic rings. The average molecular weight is 395 g/mol. The zero-order chi connectivity index (χ0) is 20.7. The molecule has 0 bridgehead atoms. The van der Waals surface area contributed by atoms with Crippen molar-refractivity contribution in [3.63, 3.8) is 0 Å². The van der Waals surface area contributed by atoms with Crippen LogP contribution in [-0.2, 0) is 4.79 Å². The standard InChI is InChI=1S/C21H42N6O/c1-7-22-21(24-18-15-27(16(2)3)14-17(18)4)23-11-9-13-26-12-8-10-19(26)20(28)25(5)6/h16-19H,7-15H2,1-6H3,(H2,22,23,24). The molecule has 1 amide bonds. The minimum Gasteiger partial charge on any atom is -0.357 e. The summed E-state index contributed by atoms with van der Waals surface area (Å²) in [5, 5.41) is 7.04. The molecule has 0 saturated carbocycles. The van der Waals surface area contributed by atoms with Crippen molar-refractivity contribution in [2.24, 2.45) is 10.9 Å². The van der Waals surface area contributed by atoms with Gasteiger partial charge in [-0.2, -0.15) is 0 Å². The average Bonchev–Trinajstić information content (AvgIpc) is 3.25. The molecule has 2 N–H and O–H groups in total. The molecule has 28 heavy (non-hydrogen) atoms. The summed E-state index contributed by atoms with van der Waals surface area (Å²) >= 11 is 0. The molecule has 3 unspecified atom stereocenters. The van der Waals surface area contributed by atoms with E-state index in [-0.39, 0.29) is 11.9 Å². The van der Waals surface area contributed by atoms with E-state index in [9.17, 15) is 4.79 Å². The Hall–Kier alpha value is -1.34. The monoisotopic (exact) mass is 394 g/mol. The molecule has 0 aromatic rings. The maximum absolute atomic E-state index is 12.3. The molecule has 162 valence electrons. The highest BCUT2D eigenvalue weighted by molar-refractivity contribution is 5.81. The van der Waals surface area contributed by atoms with Gasteiger partial charge in [0, 0.05) is 58.9 Å². The van der Waals surface area contributed by atoms with Crippen LogP contribution in [0.15, 0.2) is 4.99 Å². The Morgan fingerprint density at radius 2 is 2.04 bits per heavy atom. The molecular weight excluding hydrogens is 352 g/mol. The lowest BCUT2D eigenvalue weighted by Gasteiger charge is -2.26. The fraction of sp³-hybridized carbons (Fsp3) is 0.905. The van der Waals surface area contributed by atoms with Gasteiger partial charge in [-0.15, -0.1) is 0 Å². The van der Waals surface area contributed by atoms with E-state index in [1.165, 1.54) is 0 Å². The summed E-state index contributed by atoms with van der Waals surface area (Å²) in [6, 6.07) is 1.10. The van der Waals surface area contributed by atoms with Crippen molar-refractivity contribution < 1.29 is 4.79 Å². The van der Waals surface area contributed by atoms with Crippen LogP contribution in [-0.4, -0.2) is 98.1 Å². The van der Waals surface area contributed by atoms with E-state index in [1.807, 2.05) is 14.1 Å². The molecule has 2 saturated heterocycles. The molecule has 0 aliphatic carbocycles. The molecular formula is C21H42N6O. The van der Waals surface area contributed by atoms with Crippen LogP contribution >= 0.6 is 0 Å². The fourth-order valence-corrected chi connectivity index (χ4v) is 4.25. The van der Waals surface area contributed by atoms with E-state index in [1.54, 1.807) is 4.90 Å². The smallest absolute Gasteiger partial charge is 0.239 e. The van der Waals surface area contributed by atoms with E-state index in [0.29, 0.717) is 18.0 Å². The first-order valence-electron chi connectivity index (χ1n) is 11.1. The Kier molecular flexibility index (Phi) is 9.02. The quantitative estimate of drug-likeness (QED) is 0.368. The number of carbonyl (C=O) groups excluding carboxylic acids is 1. The summed E-state index contributed by atoms with van der Waals surface area (Å²) in [7, 11) is 3.70. The highest BCUT2D eigenvalue weighted by Gasteiger charge is 2.32. The molecule has 7 nitrogen and oxygen atoms in total. The van der Waals surface area contributed by atoms with Gasteiger partial charge in [0.2, 0.25) is 5.91 Å². The zero-order valence-electron chi connectivity index (χ0n) is 18.9. The number of hydrogen-bond acceptors (Lipinski definition) is 4. The van der Waals surface area contributed by atoms with Crippen molar-refractivity contribution >= 4 is 11.9 Å². The number of rotatable bonds is 8. The van der Waals surface area contributed by atoms with Crippen LogP contribution in [0.3, 0.4) is 0 Å². The van der Waals surface area contributed by atoms with Gasteiger partial charge >= 0.3 is 0 Å². The number of guanidine groups is 1. The van der Waals surface area contributed by atoms with Gasteiger partial charge in [0.25, 0.3) is 0 Å². The predicted octanol–water partition coefficient (Wildman–Crippen LogP) is 1.21. The lowest BCUT2D eigenvalue weighted by molar-refractivity contribution is -0.133. The number of nitrogens with one attached hydrogen (secondary N) is 2. The van der Waals surface area contributed by atoms with Crippen molar-refractivity contribution in [1.82, 2.24) is 25.3 Å². The highest BCUT2D eigenvalue weighted by Crippen LogP contribution is 2.19. The Morgan fingerprint density at radius 1 is 1.29 bits per heavy atom. The number of nitrogens with zero attached hydrogens (tertiary/aromatic N) is 4. The molecule has 0 aromatic heterocycles. The van der Waals surface area contributed by atoms with Gasteiger partial charge < -0.3 is 15.5 Å². The second kappa shape index (κ2) is 11.0. The highest BCUT2D eigenvalue weighted by atomic mass is 16.2. The van der Waals surface area contributed by atoms with Crippen LogP contribution in [0.4, 0.5) is 0 Å². The van der Waals surface area contributed by atoms with E-state index in [4.69, 9.17) is 4.99 Å². The van der Waals surface area contributed by atoms with Gasteiger partial charge in [-0.1, -0.05) is 6.92 Å². The molecule has 0 radical (unpaired) electrons. The van der Waals surface area contributed by atoms with E-state index < -0.39 is 0 Å². The topological polar surface area (TPSA) is 63.2 Å². The normalized spacial score (nSPS) is 26.8. The lowest BCUT2D eigenvalue weighted by atomic mass is 10.1. The molecule has 2 heterocycles. The van der Waals surface area contributed by atoms with Gasteiger partial charge in [0.05, 0.1) is 6.04 Å². The van der Waals surface area contributed by atoms with Crippen molar-refractivity contribution in [2.45, 2.75) is 65.1 Å². The molecule has 7 heteroatoms. The van der Waals surface area contributed by atoms with Crippen LogP contribution in [0, 0.1) is 5.92 Å². The first-order valence-corrected chi connectivity index (χ1v) is 11.1. The Morgan fingerprint density at radius 3 is 2.64 bits per heavy atom. The summed E-state index contributed by atoms with van der Waals surface area (Å²) in [4.78, 5) is 23.7. The summed E-state index contributed by atoms with van der Waals surface area (Å²) in [5.74, 6) is 1.78. The Bertz CT molecular complexity index is 521. The van der Waals surface area contributed by atoms with Crippen LogP contribution in [0.5, 0.6) is 0 Å². The summed E-state index contributed by atoms with van der Waals surface area (Å²) in [6.45, 7) is 14.8. The summed E-state index contributed by atoms with van der Waals surface area (Å²) < 4.78 is 0. The van der Waals surface area contributed by atoms with Crippen LogP contribution in [0.1, 0.15) is 47.0 Å². The number of likely N-dealkylation sites (N-methyl/N-ethyl adjacent to an activating group) is 1. The van der Waals surface area contributed by atoms with Crippen molar-refractivity contribution in [2.75, 3.05) is 53.4 Å². The third-order valence-electron chi connectivity index (χ3n) is 6.00. The SMILES string of the molecule is CCNC(=NCCCN1CCCC1C(=O)N(C)C)NC1CN(C(C)C)CC1C. The van der Waals surface area contributed by atoms with Gasteiger partial charge in [0.15, 0.2) is 5.96 Å². The van der Waals surface area contributed by atoms with Gasteiger partial charge in [-0.3, -0.25) is 19.6 Å². The number of likely N-dealkylation sites (tertiary alicyclic amines) is 2. The second-order valence-corrected chi connectivity index (χ2v) is 8.82. The van der Waals surface area contributed by atoms with Crippen LogP contribution in [0.2, 0.25) is 0 Å². The molecule has 0 spiro atoms. The first kappa shape index (κ1) is 22.9. The predicted molar refractivity (Wildman–Crippen MR) is 117 cm³/mol. The molecule has 3 atom stereocenters. The van der Waals surface area contributed by atoms with Gasteiger partial charge in [-0.05, 0) is 52.5 Å². The van der Waals surface area contributed by atoms with Gasteiger partial charge in [-0.25, -0.2) is 0 Å². The van der Waals surface area contributed by atoms with Crippen molar-refractivity contribution in [3.8, 4) is 0 Å². The number of carbonyl (C=O) groups is 1. The minimum absolute atomic E-state index is 0.0618. The maximum Gasteiger partial charge on any atom is 0.239 e. The molecule has 2 aliphatic heterocycles. The Labute approximate surface area is 171 Å². The van der Waals surface area contributed by atoms with E-state index in [0.717, 1.165) is 64.5 Å². The van der Waals surface area contributed by atoms with Crippen LogP contribution in [0.25, 0.3) is 0 Å². The fourth-order valence-electron chi connectivity index (χ4n) is 4.25.